The van der Waals surface area contributed by atoms with Crippen LogP contribution in [0.1, 0.15) is 37.8 Å². The van der Waals surface area contributed by atoms with Crippen molar-refractivity contribution < 1.29 is 9.47 Å². The lowest BCUT2D eigenvalue weighted by molar-refractivity contribution is 0.0497. The van der Waals surface area contributed by atoms with Gasteiger partial charge in [-0.15, -0.1) is 0 Å². The summed E-state index contributed by atoms with van der Waals surface area (Å²) in [5, 5.41) is 0. The first-order valence-electron chi connectivity index (χ1n) is 6.85. The fourth-order valence-corrected chi connectivity index (χ4v) is 2.17. The predicted molar refractivity (Wildman–Crippen MR) is 72.7 cm³/mol. The molecule has 0 saturated carbocycles. The summed E-state index contributed by atoms with van der Waals surface area (Å²) in [6.07, 6.45) is 3.18. The van der Waals surface area contributed by atoms with E-state index in [1.54, 1.807) is 0 Å². The molecule has 0 radical (unpaired) electrons. The zero-order valence-corrected chi connectivity index (χ0v) is 11.1. The highest BCUT2D eigenvalue weighted by molar-refractivity contribution is 5.28. The maximum atomic E-state index is 5.98. The smallest absolute Gasteiger partial charge is 0.119 e. The highest BCUT2D eigenvalue weighted by atomic mass is 16.5. The molecular weight excluding hydrogens is 226 g/mol. The minimum atomic E-state index is 0.134. The molecule has 1 aromatic carbocycles. The van der Waals surface area contributed by atoms with Crippen LogP contribution in [0.3, 0.4) is 0 Å². The van der Waals surface area contributed by atoms with E-state index in [9.17, 15) is 0 Å². The van der Waals surface area contributed by atoms with Gasteiger partial charge in [-0.2, -0.15) is 0 Å². The van der Waals surface area contributed by atoms with E-state index >= 15 is 0 Å². The molecule has 0 amide bonds. The molecule has 3 heteroatoms. The summed E-state index contributed by atoms with van der Waals surface area (Å²) in [6, 6.07) is 8.30. The Morgan fingerprint density at radius 3 is 2.56 bits per heavy atom. The molecule has 2 rings (SSSR count). The van der Waals surface area contributed by atoms with Gasteiger partial charge in [-0.05, 0) is 42.9 Å². The summed E-state index contributed by atoms with van der Waals surface area (Å²) in [6.45, 7) is 4.64. The molecule has 0 aromatic heterocycles. The Morgan fingerprint density at radius 2 is 1.94 bits per heavy atom. The number of hydrogen-bond acceptors (Lipinski definition) is 3. The van der Waals surface area contributed by atoms with Crippen LogP contribution in [0.25, 0.3) is 0 Å². The van der Waals surface area contributed by atoms with Crippen molar-refractivity contribution in [3.8, 4) is 5.75 Å². The predicted octanol–water partition coefficient (Wildman–Crippen LogP) is 2.90. The highest BCUT2D eigenvalue weighted by Gasteiger charge is 2.14. The van der Waals surface area contributed by atoms with Crippen LogP contribution in [-0.4, -0.2) is 19.8 Å². The summed E-state index contributed by atoms with van der Waals surface area (Å²) >= 11 is 0. The van der Waals surface area contributed by atoms with Gasteiger partial charge >= 0.3 is 0 Å². The van der Waals surface area contributed by atoms with Gasteiger partial charge in [0, 0.05) is 19.3 Å². The molecule has 100 valence electrons. The molecule has 0 bridgehead atoms. The minimum absolute atomic E-state index is 0.134. The van der Waals surface area contributed by atoms with Gasteiger partial charge < -0.3 is 15.2 Å². The summed E-state index contributed by atoms with van der Waals surface area (Å²) in [5.74, 6) is 1.57. The lowest BCUT2D eigenvalue weighted by Crippen LogP contribution is -2.21. The number of ether oxygens (including phenoxy) is 2. The van der Waals surface area contributed by atoms with Crippen molar-refractivity contribution in [1.29, 1.82) is 0 Å². The molecule has 0 aliphatic carbocycles. The third-order valence-electron chi connectivity index (χ3n) is 3.57. The van der Waals surface area contributed by atoms with Crippen molar-refractivity contribution in [1.82, 2.24) is 0 Å². The Kier molecular flexibility index (Phi) is 5.02. The Bertz CT molecular complexity index is 344. The van der Waals surface area contributed by atoms with E-state index in [-0.39, 0.29) is 6.04 Å². The van der Waals surface area contributed by atoms with Crippen LogP contribution < -0.4 is 10.5 Å². The van der Waals surface area contributed by atoms with Crippen molar-refractivity contribution in [2.45, 2.75) is 32.2 Å². The van der Waals surface area contributed by atoms with Gasteiger partial charge in [0.2, 0.25) is 0 Å². The van der Waals surface area contributed by atoms with Gasteiger partial charge in [-0.1, -0.05) is 19.1 Å². The number of rotatable bonds is 5. The minimum Gasteiger partial charge on any atom is -0.493 e. The maximum absolute atomic E-state index is 5.98. The molecule has 1 atom stereocenters. The molecular formula is C15H23NO2. The molecule has 1 heterocycles. The van der Waals surface area contributed by atoms with E-state index in [1.807, 2.05) is 12.1 Å². The second-order valence-corrected chi connectivity index (χ2v) is 4.95. The van der Waals surface area contributed by atoms with Gasteiger partial charge in [-0.25, -0.2) is 0 Å². The summed E-state index contributed by atoms with van der Waals surface area (Å²) in [4.78, 5) is 0. The molecule has 1 aliphatic rings. The SMILES string of the molecule is CC[C@H](N)c1ccc(OCC2CCOCC2)cc1. The van der Waals surface area contributed by atoms with Crippen molar-refractivity contribution in [3.63, 3.8) is 0 Å². The van der Waals surface area contributed by atoms with Crippen molar-refractivity contribution in [2.24, 2.45) is 11.7 Å². The third kappa shape index (κ3) is 3.72. The van der Waals surface area contributed by atoms with E-state index in [0.29, 0.717) is 5.92 Å². The van der Waals surface area contributed by atoms with Crippen LogP contribution in [0, 0.1) is 5.92 Å². The summed E-state index contributed by atoms with van der Waals surface area (Å²) in [7, 11) is 0. The largest absolute Gasteiger partial charge is 0.493 e. The quantitative estimate of drug-likeness (QED) is 0.872. The normalized spacial score (nSPS) is 18.6. The van der Waals surface area contributed by atoms with E-state index in [0.717, 1.165) is 44.8 Å². The van der Waals surface area contributed by atoms with E-state index in [2.05, 4.69) is 19.1 Å². The van der Waals surface area contributed by atoms with Crippen LogP contribution >= 0.6 is 0 Å². The molecule has 18 heavy (non-hydrogen) atoms. The number of nitrogens with two attached hydrogens (primary N) is 1. The molecule has 0 unspecified atom stereocenters. The zero-order valence-electron chi connectivity index (χ0n) is 11.1. The fraction of sp³-hybridized carbons (Fsp3) is 0.600. The van der Waals surface area contributed by atoms with Crippen LogP contribution in [-0.2, 0) is 4.74 Å². The van der Waals surface area contributed by atoms with Crippen molar-refractivity contribution >= 4 is 0 Å². The lowest BCUT2D eigenvalue weighted by Gasteiger charge is -2.22. The number of benzene rings is 1. The highest BCUT2D eigenvalue weighted by Crippen LogP contribution is 2.20. The summed E-state index contributed by atoms with van der Waals surface area (Å²) < 4.78 is 11.2. The van der Waals surface area contributed by atoms with Crippen LogP contribution in [0.5, 0.6) is 5.75 Å². The molecule has 0 spiro atoms. The van der Waals surface area contributed by atoms with Crippen molar-refractivity contribution in [2.75, 3.05) is 19.8 Å². The standard InChI is InChI=1S/C15H23NO2/c1-2-15(16)13-3-5-14(6-4-13)18-11-12-7-9-17-10-8-12/h3-6,12,15H,2,7-11,16H2,1H3/t15-/m0/s1. The topological polar surface area (TPSA) is 44.5 Å². The maximum Gasteiger partial charge on any atom is 0.119 e. The monoisotopic (exact) mass is 249 g/mol. The Balaban J connectivity index is 1.82. The van der Waals surface area contributed by atoms with Crippen LogP contribution in [0.4, 0.5) is 0 Å². The van der Waals surface area contributed by atoms with Crippen molar-refractivity contribution in [3.05, 3.63) is 29.8 Å². The average molecular weight is 249 g/mol. The summed E-state index contributed by atoms with van der Waals surface area (Å²) in [5.41, 5.74) is 7.16. The lowest BCUT2D eigenvalue weighted by atomic mass is 10.0. The molecule has 1 aliphatic heterocycles. The molecule has 3 nitrogen and oxygen atoms in total. The third-order valence-corrected chi connectivity index (χ3v) is 3.57. The van der Waals surface area contributed by atoms with E-state index in [4.69, 9.17) is 15.2 Å². The average Bonchev–Trinajstić information content (AvgIpc) is 2.46. The van der Waals surface area contributed by atoms with E-state index < -0.39 is 0 Å². The molecule has 1 aromatic rings. The van der Waals surface area contributed by atoms with Gasteiger partial charge in [-0.3, -0.25) is 0 Å². The van der Waals surface area contributed by atoms with Gasteiger partial charge in [0.05, 0.1) is 6.61 Å². The molecule has 1 fully saturated rings. The Labute approximate surface area is 109 Å². The van der Waals surface area contributed by atoms with Gasteiger partial charge in [0.1, 0.15) is 5.75 Å². The first kappa shape index (κ1) is 13.4. The Morgan fingerprint density at radius 1 is 1.28 bits per heavy atom. The van der Waals surface area contributed by atoms with Gasteiger partial charge in [0.15, 0.2) is 0 Å². The van der Waals surface area contributed by atoms with Crippen LogP contribution in [0.2, 0.25) is 0 Å². The Hall–Kier alpha value is -1.06. The first-order chi connectivity index (χ1) is 8.79. The van der Waals surface area contributed by atoms with E-state index in [1.165, 1.54) is 5.56 Å². The number of hydrogen-bond donors (Lipinski definition) is 1. The first-order valence-corrected chi connectivity index (χ1v) is 6.85. The molecule has 2 N–H and O–H groups in total. The second kappa shape index (κ2) is 6.76. The fourth-order valence-electron chi connectivity index (χ4n) is 2.17. The van der Waals surface area contributed by atoms with Crippen LogP contribution in [0.15, 0.2) is 24.3 Å². The van der Waals surface area contributed by atoms with Gasteiger partial charge in [0.25, 0.3) is 0 Å². The molecule has 1 saturated heterocycles. The second-order valence-electron chi connectivity index (χ2n) is 4.95. The zero-order chi connectivity index (χ0) is 12.8.